The van der Waals surface area contributed by atoms with Crippen LogP contribution in [0.3, 0.4) is 0 Å². The number of piperidine rings is 1. The monoisotopic (exact) mass is 416 g/mol. The second-order valence-corrected chi connectivity index (χ2v) is 7.35. The molecule has 0 bridgehead atoms. The van der Waals surface area contributed by atoms with E-state index in [0.29, 0.717) is 29.6 Å². The molecule has 1 aliphatic rings. The average Bonchev–Trinajstić information content (AvgIpc) is 3.43. The van der Waals surface area contributed by atoms with Gasteiger partial charge in [0.1, 0.15) is 6.54 Å². The molecule has 2 aromatic heterocycles. The topological polar surface area (TPSA) is 104 Å². The predicted molar refractivity (Wildman–Crippen MR) is 103 cm³/mol. The van der Waals surface area contributed by atoms with Gasteiger partial charge in [0.05, 0.1) is 6.20 Å². The molecule has 11 heteroatoms. The van der Waals surface area contributed by atoms with Crippen molar-refractivity contribution >= 4 is 17.7 Å². The minimum absolute atomic E-state index is 0.234. The number of benzene rings is 1. The van der Waals surface area contributed by atoms with E-state index in [-0.39, 0.29) is 12.6 Å². The fourth-order valence-corrected chi connectivity index (χ4v) is 3.70. The minimum atomic E-state index is -0.613. The Balaban J connectivity index is 1.38. The van der Waals surface area contributed by atoms with Crippen LogP contribution in [-0.4, -0.2) is 59.3 Å². The molecule has 1 atom stereocenters. The number of tetrazole rings is 1. The third-order valence-electron chi connectivity index (χ3n) is 5.01. The second kappa shape index (κ2) is 8.99. The summed E-state index contributed by atoms with van der Waals surface area (Å²) in [5, 5.41) is 20.0. The molecule has 0 aliphatic carbocycles. The molecule has 0 saturated carbocycles. The number of ether oxygens (including phenoxy) is 1. The number of amides is 1. The van der Waals surface area contributed by atoms with E-state index in [0.717, 1.165) is 19.4 Å². The summed E-state index contributed by atoms with van der Waals surface area (Å²) >= 11 is 6.33. The van der Waals surface area contributed by atoms with Crippen LogP contribution in [0.15, 0.2) is 43.0 Å². The molecule has 1 aromatic carbocycles. The highest BCUT2D eigenvalue weighted by Gasteiger charge is 2.28. The summed E-state index contributed by atoms with van der Waals surface area (Å²) in [5.41, 5.74) is 0.709. The second-order valence-electron chi connectivity index (χ2n) is 6.94. The lowest BCUT2D eigenvalue weighted by Crippen LogP contribution is -2.40. The fourth-order valence-electron chi connectivity index (χ4n) is 3.44. The van der Waals surface area contributed by atoms with Crippen LogP contribution in [0.5, 0.6) is 0 Å². The lowest BCUT2D eigenvalue weighted by molar-refractivity contribution is 0.0410. The molecular weight excluding hydrogens is 396 g/mol. The smallest absolute Gasteiger partial charge is 0.410 e. The summed E-state index contributed by atoms with van der Waals surface area (Å²) in [5.74, 6) is 0.458. The van der Waals surface area contributed by atoms with Crippen molar-refractivity contribution in [1.82, 2.24) is 40.1 Å². The van der Waals surface area contributed by atoms with Crippen LogP contribution in [-0.2, 0) is 17.8 Å². The number of likely N-dealkylation sites (tertiary alicyclic amines) is 1. The number of halogens is 1. The van der Waals surface area contributed by atoms with Crippen LogP contribution in [0.25, 0.3) is 0 Å². The maximum atomic E-state index is 12.8. The molecule has 152 valence electrons. The molecule has 0 N–H and O–H groups in total. The van der Waals surface area contributed by atoms with Gasteiger partial charge in [-0.1, -0.05) is 35.0 Å². The van der Waals surface area contributed by atoms with Gasteiger partial charge in [-0.25, -0.2) is 4.79 Å². The molecular formula is C18H21ClN8O2. The summed E-state index contributed by atoms with van der Waals surface area (Å²) < 4.78 is 7.65. The van der Waals surface area contributed by atoms with Gasteiger partial charge >= 0.3 is 6.09 Å². The van der Waals surface area contributed by atoms with Gasteiger partial charge in [0.15, 0.2) is 12.4 Å². The Hall–Kier alpha value is -3.01. The molecule has 1 unspecified atom stereocenters. The van der Waals surface area contributed by atoms with E-state index in [2.05, 4.69) is 25.7 Å². The Kier molecular flexibility index (Phi) is 5.99. The quantitative estimate of drug-likeness (QED) is 0.606. The summed E-state index contributed by atoms with van der Waals surface area (Å²) in [6.45, 7) is 2.31. The maximum absolute atomic E-state index is 12.8. The molecule has 0 spiro atoms. The normalized spacial score (nSPS) is 16.0. The third-order valence-corrected chi connectivity index (χ3v) is 5.35. The van der Waals surface area contributed by atoms with Crippen molar-refractivity contribution in [1.29, 1.82) is 0 Å². The number of hydrogen-bond acceptors (Lipinski definition) is 7. The standard InChI is InChI=1S/C18H21ClN8O2/c19-16-4-2-1-3-15(16)17(12-27-22-13-21-24-27)29-18(28)25-8-5-14(6-9-25)11-26-10-7-20-23-26/h1-4,7,10,13-14,17H,5-6,8-9,11-12H2. The Morgan fingerprint density at radius 2 is 2.03 bits per heavy atom. The van der Waals surface area contributed by atoms with Crippen molar-refractivity contribution < 1.29 is 9.53 Å². The fraction of sp³-hybridized carbons (Fsp3) is 0.444. The third kappa shape index (κ3) is 4.89. The lowest BCUT2D eigenvalue weighted by atomic mass is 9.97. The average molecular weight is 417 g/mol. The van der Waals surface area contributed by atoms with Gasteiger partial charge in [-0.15, -0.1) is 15.3 Å². The first kappa shape index (κ1) is 19.3. The lowest BCUT2D eigenvalue weighted by Gasteiger charge is -2.32. The number of carbonyl (C=O) groups excluding carboxylic acids is 1. The number of nitrogens with zero attached hydrogens (tertiary/aromatic N) is 8. The molecule has 1 fully saturated rings. The Morgan fingerprint density at radius 1 is 1.21 bits per heavy atom. The highest BCUT2D eigenvalue weighted by atomic mass is 35.5. The summed E-state index contributed by atoms with van der Waals surface area (Å²) in [4.78, 5) is 15.9. The molecule has 3 heterocycles. The summed E-state index contributed by atoms with van der Waals surface area (Å²) in [7, 11) is 0. The largest absolute Gasteiger partial charge is 0.439 e. The Morgan fingerprint density at radius 3 is 2.72 bits per heavy atom. The van der Waals surface area contributed by atoms with Crippen LogP contribution in [0.2, 0.25) is 5.02 Å². The van der Waals surface area contributed by atoms with E-state index in [1.165, 1.54) is 11.1 Å². The van der Waals surface area contributed by atoms with E-state index in [4.69, 9.17) is 16.3 Å². The van der Waals surface area contributed by atoms with Gasteiger partial charge in [-0.2, -0.15) is 4.80 Å². The van der Waals surface area contributed by atoms with Gasteiger partial charge < -0.3 is 9.64 Å². The molecule has 1 saturated heterocycles. The number of carbonyl (C=O) groups is 1. The van der Waals surface area contributed by atoms with E-state index in [1.807, 2.05) is 29.1 Å². The van der Waals surface area contributed by atoms with Crippen molar-refractivity contribution in [2.75, 3.05) is 13.1 Å². The van der Waals surface area contributed by atoms with Crippen LogP contribution in [0.1, 0.15) is 24.5 Å². The first-order valence-corrected chi connectivity index (χ1v) is 9.81. The zero-order valence-electron chi connectivity index (χ0n) is 15.7. The van der Waals surface area contributed by atoms with Crippen molar-refractivity contribution in [2.45, 2.75) is 32.0 Å². The summed E-state index contributed by atoms with van der Waals surface area (Å²) in [6.07, 6.45) is 5.66. The van der Waals surface area contributed by atoms with Crippen LogP contribution < -0.4 is 0 Å². The highest BCUT2D eigenvalue weighted by Crippen LogP contribution is 2.28. The Bertz CT molecular complexity index is 910. The van der Waals surface area contributed by atoms with Crippen molar-refractivity contribution in [3.05, 3.63) is 53.6 Å². The van der Waals surface area contributed by atoms with Gasteiger partial charge in [0.25, 0.3) is 0 Å². The molecule has 1 aliphatic heterocycles. The van der Waals surface area contributed by atoms with Gasteiger partial charge in [-0.3, -0.25) is 4.68 Å². The molecule has 4 rings (SSSR count). The minimum Gasteiger partial charge on any atom is -0.439 e. The van der Waals surface area contributed by atoms with E-state index in [9.17, 15) is 4.79 Å². The number of aromatic nitrogens is 7. The molecule has 3 aromatic rings. The van der Waals surface area contributed by atoms with Crippen molar-refractivity contribution in [3.8, 4) is 0 Å². The van der Waals surface area contributed by atoms with Crippen LogP contribution in [0.4, 0.5) is 4.79 Å². The first-order chi connectivity index (χ1) is 14.2. The molecule has 29 heavy (non-hydrogen) atoms. The van der Waals surface area contributed by atoms with Crippen molar-refractivity contribution in [3.63, 3.8) is 0 Å². The number of rotatable bonds is 6. The Labute approximate surface area is 172 Å². The molecule has 0 radical (unpaired) electrons. The van der Waals surface area contributed by atoms with E-state index < -0.39 is 6.10 Å². The van der Waals surface area contributed by atoms with Gasteiger partial charge in [-0.05, 0) is 30.0 Å². The maximum Gasteiger partial charge on any atom is 0.410 e. The SMILES string of the molecule is O=C(OC(Cn1ncnn1)c1ccccc1Cl)N1CCC(Cn2ccnn2)CC1. The number of hydrogen-bond donors (Lipinski definition) is 0. The van der Waals surface area contributed by atoms with Gasteiger partial charge in [0, 0.05) is 36.4 Å². The summed E-state index contributed by atoms with van der Waals surface area (Å²) in [6, 6.07) is 7.29. The zero-order chi connectivity index (χ0) is 20.1. The van der Waals surface area contributed by atoms with Crippen LogP contribution in [0, 0.1) is 5.92 Å². The predicted octanol–water partition coefficient (Wildman–Crippen LogP) is 2.21. The zero-order valence-corrected chi connectivity index (χ0v) is 16.5. The van der Waals surface area contributed by atoms with Crippen LogP contribution >= 0.6 is 11.6 Å². The highest BCUT2D eigenvalue weighted by molar-refractivity contribution is 6.31. The molecule has 10 nitrogen and oxygen atoms in total. The van der Waals surface area contributed by atoms with Crippen molar-refractivity contribution in [2.24, 2.45) is 5.92 Å². The first-order valence-electron chi connectivity index (χ1n) is 9.44. The molecule has 1 amide bonds. The van der Waals surface area contributed by atoms with Gasteiger partial charge in [0.2, 0.25) is 0 Å². The van der Waals surface area contributed by atoms with E-state index in [1.54, 1.807) is 17.2 Å². The van der Waals surface area contributed by atoms with E-state index >= 15 is 0 Å².